The van der Waals surface area contributed by atoms with Crippen molar-refractivity contribution in [2.24, 2.45) is 0 Å². The number of hydrogen-bond donors (Lipinski definition) is 1. The highest BCUT2D eigenvalue weighted by molar-refractivity contribution is 7.98. The summed E-state index contributed by atoms with van der Waals surface area (Å²) in [4.78, 5) is 29.4. The molecule has 0 aliphatic heterocycles. The second-order valence-electron chi connectivity index (χ2n) is 4.83. The van der Waals surface area contributed by atoms with E-state index in [0.717, 1.165) is 23.9 Å². The Hall–Kier alpha value is -2.29. The minimum absolute atomic E-state index is 0.0917. The van der Waals surface area contributed by atoms with Crippen molar-refractivity contribution in [2.45, 2.75) is 23.9 Å². The molecule has 0 bridgehead atoms. The lowest BCUT2D eigenvalue weighted by Crippen LogP contribution is -2.19. The number of thioether (sulfide) groups is 1. The average molecular weight is 358 g/mol. The lowest BCUT2D eigenvalue weighted by atomic mass is 10.1. The third-order valence-corrected chi connectivity index (χ3v) is 4.15. The van der Waals surface area contributed by atoms with Crippen molar-refractivity contribution < 1.29 is 22.7 Å². The van der Waals surface area contributed by atoms with Crippen LogP contribution in [0.15, 0.2) is 34.1 Å². The van der Waals surface area contributed by atoms with Crippen LogP contribution in [0.2, 0.25) is 0 Å². The van der Waals surface area contributed by atoms with Gasteiger partial charge in [-0.25, -0.2) is 9.59 Å². The first-order valence-electron chi connectivity index (χ1n) is 6.70. The van der Waals surface area contributed by atoms with Crippen LogP contribution in [0, 0.1) is 6.92 Å². The van der Waals surface area contributed by atoms with Gasteiger partial charge in [-0.1, -0.05) is 18.2 Å². The van der Waals surface area contributed by atoms with Gasteiger partial charge in [-0.2, -0.15) is 18.2 Å². The molecule has 24 heavy (non-hydrogen) atoms. The van der Waals surface area contributed by atoms with Gasteiger partial charge in [0.1, 0.15) is 10.6 Å². The molecular formula is C15H13F3N2O3S. The monoisotopic (exact) mass is 358 g/mol. The molecule has 0 fully saturated rings. The van der Waals surface area contributed by atoms with Gasteiger partial charge in [0.15, 0.2) is 0 Å². The maximum Gasteiger partial charge on any atom is 0.416 e. The normalized spacial score (nSPS) is 11.4. The van der Waals surface area contributed by atoms with Crippen LogP contribution in [-0.2, 0) is 16.7 Å². The Balaban J connectivity index is 2.30. The number of aromatic amines is 1. The minimum Gasteiger partial charge on any atom is -0.465 e. The maximum atomic E-state index is 12.7. The van der Waals surface area contributed by atoms with Gasteiger partial charge in [-0.3, -0.25) is 0 Å². The predicted molar refractivity (Wildman–Crippen MR) is 81.9 cm³/mol. The average Bonchev–Trinajstić information content (AvgIpc) is 2.51. The number of methoxy groups -OCH3 is 1. The van der Waals surface area contributed by atoms with Crippen LogP contribution in [0.3, 0.4) is 0 Å². The summed E-state index contributed by atoms with van der Waals surface area (Å²) in [7, 11) is 1.19. The predicted octanol–water partition coefficient (Wildman–Crippen LogP) is 3.18. The zero-order valence-corrected chi connectivity index (χ0v) is 13.5. The summed E-state index contributed by atoms with van der Waals surface area (Å²) in [5, 5.41) is 0.112. The van der Waals surface area contributed by atoms with Crippen LogP contribution in [0.1, 0.15) is 27.2 Å². The van der Waals surface area contributed by atoms with Gasteiger partial charge in [0.05, 0.1) is 12.7 Å². The summed E-state index contributed by atoms with van der Waals surface area (Å²) in [6.07, 6.45) is -4.43. The maximum absolute atomic E-state index is 12.7. The number of ether oxygens (including phenoxy) is 1. The molecule has 0 unspecified atom stereocenters. The highest BCUT2D eigenvalue weighted by Gasteiger charge is 2.30. The van der Waals surface area contributed by atoms with E-state index in [4.69, 9.17) is 0 Å². The number of halogens is 3. The first-order chi connectivity index (χ1) is 11.2. The molecular weight excluding hydrogens is 345 g/mol. The van der Waals surface area contributed by atoms with Crippen molar-refractivity contribution in [1.29, 1.82) is 0 Å². The summed E-state index contributed by atoms with van der Waals surface area (Å²) in [6, 6.07) is 4.82. The number of carbonyl (C=O) groups is 1. The van der Waals surface area contributed by atoms with E-state index in [9.17, 15) is 22.8 Å². The largest absolute Gasteiger partial charge is 0.465 e. The number of benzene rings is 1. The molecule has 1 aromatic heterocycles. The first-order valence-corrected chi connectivity index (χ1v) is 7.69. The topological polar surface area (TPSA) is 72.0 Å². The lowest BCUT2D eigenvalue weighted by Gasteiger charge is -2.10. The molecule has 1 N–H and O–H groups in total. The van der Waals surface area contributed by atoms with E-state index >= 15 is 0 Å². The molecule has 2 aromatic rings. The number of aryl methyl sites for hydroxylation is 1. The fourth-order valence-corrected chi connectivity index (χ4v) is 3.01. The zero-order chi connectivity index (χ0) is 17.9. The van der Waals surface area contributed by atoms with Crippen LogP contribution in [0.5, 0.6) is 0 Å². The Kier molecular flexibility index (Phi) is 5.33. The quantitative estimate of drug-likeness (QED) is 0.516. The van der Waals surface area contributed by atoms with Gasteiger partial charge >= 0.3 is 17.8 Å². The van der Waals surface area contributed by atoms with E-state index in [0.29, 0.717) is 5.56 Å². The van der Waals surface area contributed by atoms with Gasteiger partial charge in [0.25, 0.3) is 0 Å². The van der Waals surface area contributed by atoms with Gasteiger partial charge in [-0.15, -0.1) is 11.8 Å². The number of H-pyrrole nitrogens is 1. The van der Waals surface area contributed by atoms with E-state index in [-0.39, 0.29) is 22.0 Å². The molecule has 0 radical (unpaired) electrons. The Morgan fingerprint density at radius 3 is 2.71 bits per heavy atom. The number of alkyl halides is 3. The van der Waals surface area contributed by atoms with Gasteiger partial charge in [0, 0.05) is 11.4 Å². The summed E-state index contributed by atoms with van der Waals surface area (Å²) in [5.41, 5.74) is -0.636. The Morgan fingerprint density at radius 1 is 1.38 bits per heavy atom. The van der Waals surface area contributed by atoms with Gasteiger partial charge < -0.3 is 9.72 Å². The first kappa shape index (κ1) is 18.1. The summed E-state index contributed by atoms with van der Waals surface area (Å²) < 4.78 is 42.8. The highest BCUT2D eigenvalue weighted by Crippen LogP contribution is 2.31. The molecule has 0 aliphatic carbocycles. The Morgan fingerprint density at radius 2 is 2.08 bits per heavy atom. The van der Waals surface area contributed by atoms with E-state index in [1.54, 1.807) is 0 Å². The third kappa shape index (κ3) is 4.16. The number of nitrogens with one attached hydrogen (secondary N) is 1. The third-order valence-electron chi connectivity index (χ3n) is 3.11. The fraction of sp³-hybridized carbons (Fsp3) is 0.267. The molecule has 5 nitrogen and oxygen atoms in total. The van der Waals surface area contributed by atoms with Gasteiger partial charge in [-0.05, 0) is 18.6 Å². The van der Waals surface area contributed by atoms with Crippen molar-refractivity contribution in [3.05, 3.63) is 57.1 Å². The lowest BCUT2D eigenvalue weighted by molar-refractivity contribution is -0.137. The van der Waals surface area contributed by atoms with Crippen LogP contribution < -0.4 is 5.69 Å². The van der Waals surface area contributed by atoms with Gasteiger partial charge in [0.2, 0.25) is 0 Å². The van der Waals surface area contributed by atoms with Crippen LogP contribution in [0.4, 0.5) is 13.2 Å². The van der Waals surface area contributed by atoms with Crippen molar-refractivity contribution in [1.82, 2.24) is 9.97 Å². The summed E-state index contributed by atoms with van der Waals surface area (Å²) in [6.45, 7) is 1.52. The molecule has 0 atom stereocenters. The Bertz CT molecular complexity index is 818. The number of rotatable bonds is 4. The second kappa shape index (κ2) is 7.08. The molecule has 0 amide bonds. The van der Waals surface area contributed by atoms with Crippen LogP contribution in [0.25, 0.3) is 0 Å². The number of hydrogen-bond acceptors (Lipinski definition) is 5. The second-order valence-corrected chi connectivity index (χ2v) is 5.79. The van der Waals surface area contributed by atoms with Crippen LogP contribution >= 0.6 is 11.8 Å². The van der Waals surface area contributed by atoms with Crippen molar-refractivity contribution in [3.63, 3.8) is 0 Å². The van der Waals surface area contributed by atoms with Crippen LogP contribution in [-0.4, -0.2) is 23.0 Å². The molecule has 128 valence electrons. The molecule has 0 saturated heterocycles. The van der Waals surface area contributed by atoms with E-state index in [2.05, 4.69) is 14.7 Å². The molecule has 9 heteroatoms. The van der Waals surface area contributed by atoms with Crippen molar-refractivity contribution in [3.8, 4) is 0 Å². The minimum atomic E-state index is -4.43. The SMILES string of the molecule is COC(=O)c1c(SCc2cccc(C(F)(F)F)c2)nc(=O)[nH]c1C. The standard InChI is InChI=1S/C15H13F3N2O3S/c1-8-11(13(21)23-2)12(20-14(22)19-8)24-7-9-4-3-5-10(6-9)15(16,17)18/h3-6H,7H2,1-2H3,(H,19,20,22). The molecule has 0 saturated carbocycles. The Labute approximate surface area is 139 Å². The fourth-order valence-electron chi connectivity index (χ4n) is 2.00. The van der Waals surface area contributed by atoms with Crippen molar-refractivity contribution >= 4 is 17.7 Å². The number of esters is 1. The number of nitrogens with zero attached hydrogens (tertiary/aromatic N) is 1. The summed E-state index contributed by atoms with van der Waals surface area (Å²) in [5.74, 6) is -0.563. The van der Waals surface area contributed by atoms with E-state index in [1.165, 1.54) is 26.2 Å². The molecule has 0 spiro atoms. The van der Waals surface area contributed by atoms with E-state index in [1.807, 2.05) is 0 Å². The highest BCUT2D eigenvalue weighted by atomic mass is 32.2. The smallest absolute Gasteiger partial charge is 0.416 e. The molecule has 2 rings (SSSR count). The molecule has 0 aliphatic rings. The molecule has 1 aromatic carbocycles. The van der Waals surface area contributed by atoms with E-state index < -0.39 is 23.4 Å². The number of carbonyl (C=O) groups excluding carboxylic acids is 1. The van der Waals surface area contributed by atoms with Crippen molar-refractivity contribution in [2.75, 3.05) is 7.11 Å². The number of aromatic nitrogens is 2. The molecule has 1 heterocycles. The summed E-state index contributed by atoms with van der Waals surface area (Å²) >= 11 is 0.992. The zero-order valence-electron chi connectivity index (χ0n) is 12.7.